The van der Waals surface area contributed by atoms with E-state index in [0.717, 1.165) is 25.9 Å². The van der Waals surface area contributed by atoms with E-state index in [1.807, 2.05) is 12.1 Å². The van der Waals surface area contributed by atoms with Crippen LogP contribution in [0.5, 0.6) is 0 Å². The van der Waals surface area contributed by atoms with Crippen molar-refractivity contribution < 1.29 is 9.59 Å². The number of rotatable bonds is 5. The molecule has 1 saturated heterocycles. The number of carbonyl (C=O) groups excluding carboxylic acids is 2. The van der Waals surface area contributed by atoms with Crippen LogP contribution in [0.4, 0.5) is 11.4 Å². The standard InChI is InChI=1S/C18H23N5O2/c1-13(23-11-3-8-20-23)17(24)21-15-4-2-5-16(12-15)22-18(25)14-6-9-19-10-7-14/h2-5,8,11-14,19H,6-7,9-10H2,1H3,(H,21,24)(H,22,25). The monoisotopic (exact) mass is 341 g/mol. The summed E-state index contributed by atoms with van der Waals surface area (Å²) in [6.45, 7) is 3.53. The van der Waals surface area contributed by atoms with Gasteiger partial charge in [-0.05, 0) is 57.1 Å². The van der Waals surface area contributed by atoms with Crippen molar-refractivity contribution in [3.63, 3.8) is 0 Å². The molecule has 0 bridgehead atoms. The van der Waals surface area contributed by atoms with Gasteiger partial charge in [0.25, 0.3) is 0 Å². The van der Waals surface area contributed by atoms with Crippen LogP contribution in [-0.2, 0) is 9.59 Å². The first-order valence-corrected chi connectivity index (χ1v) is 8.55. The van der Waals surface area contributed by atoms with Crippen LogP contribution in [-0.4, -0.2) is 34.7 Å². The minimum Gasteiger partial charge on any atom is -0.326 e. The molecule has 1 unspecified atom stereocenters. The number of aromatic nitrogens is 2. The fourth-order valence-corrected chi connectivity index (χ4v) is 2.88. The topological polar surface area (TPSA) is 88.0 Å². The molecule has 2 aromatic rings. The Morgan fingerprint density at radius 3 is 2.60 bits per heavy atom. The molecule has 0 aliphatic carbocycles. The van der Waals surface area contributed by atoms with Crippen molar-refractivity contribution >= 4 is 23.2 Å². The molecular formula is C18H23N5O2. The molecule has 0 radical (unpaired) electrons. The molecule has 1 aromatic carbocycles. The number of hydrogen-bond acceptors (Lipinski definition) is 4. The van der Waals surface area contributed by atoms with Gasteiger partial charge in [-0.25, -0.2) is 0 Å². The van der Waals surface area contributed by atoms with Crippen LogP contribution in [0, 0.1) is 5.92 Å². The highest BCUT2D eigenvalue weighted by Crippen LogP contribution is 2.19. The second-order valence-corrected chi connectivity index (χ2v) is 6.25. The number of carbonyl (C=O) groups is 2. The lowest BCUT2D eigenvalue weighted by Crippen LogP contribution is -2.34. The number of piperidine rings is 1. The summed E-state index contributed by atoms with van der Waals surface area (Å²) in [6.07, 6.45) is 5.09. The first kappa shape index (κ1) is 17.2. The summed E-state index contributed by atoms with van der Waals surface area (Å²) in [5, 5.41) is 13.1. The zero-order chi connectivity index (χ0) is 17.6. The van der Waals surface area contributed by atoms with Gasteiger partial charge in [-0.2, -0.15) is 5.10 Å². The van der Waals surface area contributed by atoms with Crippen LogP contribution >= 0.6 is 0 Å². The predicted octanol–water partition coefficient (Wildman–Crippen LogP) is 2.02. The first-order valence-electron chi connectivity index (χ1n) is 8.55. The largest absolute Gasteiger partial charge is 0.326 e. The highest BCUT2D eigenvalue weighted by atomic mass is 16.2. The summed E-state index contributed by atoms with van der Waals surface area (Å²) in [4.78, 5) is 24.7. The zero-order valence-corrected chi connectivity index (χ0v) is 14.2. The van der Waals surface area contributed by atoms with Gasteiger partial charge in [0.1, 0.15) is 6.04 Å². The Bertz CT molecular complexity index is 723. The normalized spacial score (nSPS) is 16.2. The number of amides is 2. The van der Waals surface area contributed by atoms with Gasteiger partial charge in [-0.3, -0.25) is 14.3 Å². The minimum atomic E-state index is -0.414. The van der Waals surface area contributed by atoms with Gasteiger partial charge < -0.3 is 16.0 Å². The highest BCUT2D eigenvalue weighted by Gasteiger charge is 2.21. The molecule has 1 atom stereocenters. The van der Waals surface area contributed by atoms with E-state index in [9.17, 15) is 9.59 Å². The lowest BCUT2D eigenvalue weighted by Gasteiger charge is -2.22. The van der Waals surface area contributed by atoms with E-state index >= 15 is 0 Å². The summed E-state index contributed by atoms with van der Waals surface area (Å²) in [5.41, 5.74) is 1.33. The number of anilines is 2. The van der Waals surface area contributed by atoms with Crippen LogP contribution in [0.25, 0.3) is 0 Å². The van der Waals surface area contributed by atoms with E-state index in [-0.39, 0.29) is 17.7 Å². The Balaban J connectivity index is 1.61. The summed E-state index contributed by atoms with van der Waals surface area (Å²) < 4.78 is 1.60. The molecule has 1 aromatic heterocycles. The Morgan fingerprint density at radius 2 is 1.92 bits per heavy atom. The minimum absolute atomic E-state index is 0.0369. The molecule has 1 aliphatic heterocycles. The molecular weight excluding hydrogens is 318 g/mol. The van der Waals surface area contributed by atoms with Crippen LogP contribution in [0.1, 0.15) is 25.8 Å². The van der Waals surface area contributed by atoms with Gasteiger partial charge in [0.2, 0.25) is 11.8 Å². The van der Waals surface area contributed by atoms with Crippen LogP contribution in [0.3, 0.4) is 0 Å². The maximum Gasteiger partial charge on any atom is 0.248 e. The van der Waals surface area contributed by atoms with Gasteiger partial charge in [-0.1, -0.05) is 6.07 Å². The Kier molecular flexibility index (Phi) is 5.45. The molecule has 7 heteroatoms. The molecule has 2 amide bonds. The molecule has 25 heavy (non-hydrogen) atoms. The number of nitrogens with one attached hydrogen (secondary N) is 3. The fraction of sp³-hybridized carbons (Fsp3) is 0.389. The molecule has 3 N–H and O–H groups in total. The van der Waals surface area contributed by atoms with Crippen LogP contribution < -0.4 is 16.0 Å². The van der Waals surface area contributed by atoms with Gasteiger partial charge in [0, 0.05) is 29.7 Å². The highest BCUT2D eigenvalue weighted by molar-refractivity contribution is 5.96. The summed E-state index contributed by atoms with van der Waals surface area (Å²) in [7, 11) is 0. The maximum absolute atomic E-state index is 12.3. The second-order valence-electron chi connectivity index (χ2n) is 6.25. The van der Waals surface area contributed by atoms with E-state index in [1.54, 1.807) is 42.2 Å². The van der Waals surface area contributed by atoms with E-state index in [1.165, 1.54) is 0 Å². The fourth-order valence-electron chi connectivity index (χ4n) is 2.88. The van der Waals surface area contributed by atoms with E-state index in [2.05, 4.69) is 21.0 Å². The third-order valence-corrected chi connectivity index (χ3v) is 4.41. The molecule has 1 aliphatic rings. The molecule has 132 valence electrons. The average Bonchev–Trinajstić information content (AvgIpc) is 3.16. The van der Waals surface area contributed by atoms with E-state index < -0.39 is 6.04 Å². The molecule has 3 rings (SSSR count). The molecule has 2 heterocycles. The third-order valence-electron chi connectivity index (χ3n) is 4.41. The smallest absolute Gasteiger partial charge is 0.248 e. The Hall–Kier alpha value is -2.67. The van der Waals surface area contributed by atoms with E-state index in [4.69, 9.17) is 0 Å². The quantitative estimate of drug-likeness (QED) is 0.776. The predicted molar refractivity (Wildman–Crippen MR) is 96.2 cm³/mol. The molecule has 1 fully saturated rings. The van der Waals surface area contributed by atoms with Gasteiger partial charge in [0.05, 0.1) is 0 Å². The lowest BCUT2D eigenvalue weighted by molar-refractivity contribution is -0.120. The first-order chi connectivity index (χ1) is 12.1. The molecule has 0 spiro atoms. The van der Waals surface area contributed by atoms with Crippen molar-refractivity contribution in [3.05, 3.63) is 42.7 Å². The zero-order valence-electron chi connectivity index (χ0n) is 14.2. The Morgan fingerprint density at radius 1 is 1.20 bits per heavy atom. The van der Waals surface area contributed by atoms with Crippen LogP contribution in [0.15, 0.2) is 42.7 Å². The summed E-state index contributed by atoms with van der Waals surface area (Å²) in [5.74, 6) is -0.0836. The van der Waals surface area contributed by atoms with Gasteiger partial charge in [0.15, 0.2) is 0 Å². The van der Waals surface area contributed by atoms with Crippen molar-refractivity contribution in [3.8, 4) is 0 Å². The maximum atomic E-state index is 12.3. The van der Waals surface area contributed by atoms with Crippen molar-refractivity contribution in [2.24, 2.45) is 5.92 Å². The summed E-state index contributed by atoms with van der Waals surface area (Å²) >= 11 is 0. The van der Waals surface area contributed by atoms with E-state index in [0.29, 0.717) is 11.4 Å². The molecule has 0 saturated carbocycles. The number of benzene rings is 1. The lowest BCUT2D eigenvalue weighted by atomic mass is 9.97. The van der Waals surface area contributed by atoms with Crippen LogP contribution in [0.2, 0.25) is 0 Å². The Labute approximate surface area is 146 Å². The summed E-state index contributed by atoms with van der Waals surface area (Å²) in [6, 6.07) is 8.57. The number of hydrogen-bond donors (Lipinski definition) is 3. The van der Waals surface area contributed by atoms with Crippen molar-refractivity contribution in [2.45, 2.75) is 25.8 Å². The second kappa shape index (κ2) is 7.94. The number of nitrogens with zero attached hydrogens (tertiary/aromatic N) is 2. The van der Waals surface area contributed by atoms with Gasteiger partial charge >= 0.3 is 0 Å². The average molecular weight is 341 g/mol. The molecule has 7 nitrogen and oxygen atoms in total. The third kappa shape index (κ3) is 4.45. The van der Waals surface area contributed by atoms with Crippen molar-refractivity contribution in [2.75, 3.05) is 23.7 Å². The van der Waals surface area contributed by atoms with Crippen molar-refractivity contribution in [1.82, 2.24) is 15.1 Å². The van der Waals surface area contributed by atoms with Crippen molar-refractivity contribution in [1.29, 1.82) is 0 Å². The SMILES string of the molecule is CC(C(=O)Nc1cccc(NC(=O)C2CCNCC2)c1)n1cccn1. The van der Waals surface area contributed by atoms with Gasteiger partial charge in [-0.15, -0.1) is 0 Å².